The lowest BCUT2D eigenvalue weighted by Gasteiger charge is -2.08. The number of Topliss-reactive ketones (excluding diaryl/α,β-unsaturated/α-hetero) is 1. The van der Waals surface area contributed by atoms with E-state index in [1.807, 2.05) is 30.3 Å². The zero-order chi connectivity index (χ0) is 19.0. The maximum Gasteiger partial charge on any atom is 0.244 e. The summed E-state index contributed by atoms with van der Waals surface area (Å²) in [5.41, 5.74) is 3.60. The summed E-state index contributed by atoms with van der Waals surface area (Å²) < 4.78 is 26.6. The van der Waals surface area contributed by atoms with E-state index in [4.69, 9.17) is 4.84 Å². The Kier molecular flexibility index (Phi) is 7.02. The van der Waals surface area contributed by atoms with E-state index in [1.165, 1.54) is 31.2 Å². The molecular weight excluding hydrogens is 356 g/mol. The van der Waals surface area contributed by atoms with Crippen molar-refractivity contribution in [3.63, 3.8) is 0 Å². The van der Waals surface area contributed by atoms with Crippen LogP contribution < -0.4 is 10.2 Å². The zero-order valence-electron chi connectivity index (χ0n) is 14.3. The van der Waals surface area contributed by atoms with Crippen LogP contribution in [0, 0.1) is 0 Å². The van der Waals surface area contributed by atoms with Gasteiger partial charge in [-0.15, -0.1) is 0 Å². The van der Waals surface area contributed by atoms with E-state index < -0.39 is 15.9 Å². The minimum Gasteiger partial charge on any atom is -0.295 e. The van der Waals surface area contributed by atoms with Crippen molar-refractivity contribution in [2.24, 2.45) is 0 Å². The Morgan fingerprint density at radius 1 is 1.00 bits per heavy atom. The monoisotopic (exact) mass is 376 g/mol. The number of ketones is 1. The lowest BCUT2D eigenvalue weighted by Crippen LogP contribution is -2.30. The smallest absolute Gasteiger partial charge is 0.244 e. The van der Waals surface area contributed by atoms with Crippen LogP contribution in [0.25, 0.3) is 0 Å². The van der Waals surface area contributed by atoms with E-state index in [0.29, 0.717) is 5.56 Å². The summed E-state index contributed by atoms with van der Waals surface area (Å²) in [7, 11) is -3.74. The van der Waals surface area contributed by atoms with E-state index in [2.05, 4.69) is 10.2 Å². The second-order valence-corrected chi connectivity index (χ2v) is 7.29. The fraction of sp³-hybridized carbons (Fsp3) is 0.222. The molecule has 0 saturated carbocycles. The van der Waals surface area contributed by atoms with Crippen LogP contribution in [-0.4, -0.2) is 26.7 Å². The number of hydrogen-bond donors (Lipinski definition) is 2. The Bertz CT molecular complexity index is 849. The largest absolute Gasteiger partial charge is 0.295 e. The Balaban J connectivity index is 1.75. The second-order valence-electron chi connectivity index (χ2n) is 5.53. The number of hydroxylamine groups is 1. The predicted molar refractivity (Wildman–Crippen MR) is 95.6 cm³/mol. The van der Waals surface area contributed by atoms with E-state index in [9.17, 15) is 18.0 Å². The molecule has 1 amide bonds. The fourth-order valence-electron chi connectivity index (χ4n) is 2.08. The lowest BCUT2D eigenvalue weighted by molar-refractivity contribution is -0.134. The van der Waals surface area contributed by atoms with Gasteiger partial charge in [0.2, 0.25) is 15.9 Å². The van der Waals surface area contributed by atoms with E-state index in [-0.39, 0.29) is 30.3 Å². The van der Waals surface area contributed by atoms with E-state index >= 15 is 0 Å². The molecule has 2 aromatic carbocycles. The quantitative estimate of drug-likeness (QED) is 0.513. The number of hydrogen-bond acceptors (Lipinski definition) is 5. The minimum absolute atomic E-state index is 0.0308. The molecule has 2 rings (SSSR count). The second kappa shape index (κ2) is 9.23. The topological polar surface area (TPSA) is 102 Å². The number of amides is 1. The first-order valence-electron chi connectivity index (χ1n) is 7.94. The van der Waals surface area contributed by atoms with Gasteiger partial charge < -0.3 is 0 Å². The highest BCUT2D eigenvalue weighted by atomic mass is 32.2. The van der Waals surface area contributed by atoms with Crippen LogP contribution in [0.4, 0.5) is 0 Å². The molecule has 138 valence electrons. The molecular formula is C18H20N2O5S. The van der Waals surface area contributed by atoms with Crippen molar-refractivity contribution in [3.8, 4) is 0 Å². The molecule has 2 N–H and O–H groups in total. The summed E-state index contributed by atoms with van der Waals surface area (Å²) >= 11 is 0. The first-order chi connectivity index (χ1) is 12.4. The summed E-state index contributed by atoms with van der Waals surface area (Å²) in [5.74, 6) is -0.579. The van der Waals surface area contributed by atoms with Crippen molar-refractivity contribution in [2.75, 3.05) is 6.54 Å². The standard InChI is InChI=1S/C18H20N2O5S/c1-14(21)16-7-9-17(10-8-16)26(23,24)19-12-11-18(22)20-25-13-15-5-3-2-4-6-15/h2-10,19H,11-13H2,1H3,(H,20,22). The van der Waals surface area contributed by atoms with Crippen LogP contribution >= 0.6 is 0 Å². The van der Waals surface area contributed by atoms with E-state index in [0.717, 1.165) is 5.56 Å². The molecule has 2 aromatic rings. The maximum absolute atomic E-state index is 12.1. The SMILES string of the molecule is CC(=O)c1ccc(S(=O)(=O)NCCC(=O)NOCc2ccccc2)cc1. The summed E-state index contributed by atoms with van der Waals surface area (Å²) in [6.07, 6.45) is -0.0699. The van der Waals surface area contributed by atoms with Crippen molar-refractivity contribution in [1.82, 2.24) is 10.2 Å². The first-order valence-corrected chi connectivity index (χ1v) is 9.42. The van der Waals surface area contributed by atoms with E-state index in [1.54, 1.807) is 0 Å². The molecule has 26 heavy (non-hydrogen) atoms. The van der Waals surface area contributed by atoms with Crippen LogP contribution in [-0.2, 0) is 26.3 Å². The van der Waals surface area contributed by atoms with Crippen LogP contribution in [0.1, 0.15) is 29.3 Å². The average molecular weight is 376 g/mol. The summed E-state index contributed by atoms with van der Waals surface area (Å²) in [6, 6.07) is 14.9. The van der Waals surface area contributed by atoms with Crippen LogP contribution in [0.3, 0.4) is 0 Å². The highest BCUT2D eigenvalue weighted by Gasteiger charge is 2.14. The highest BCUT2D eigenvalue weighted by molar-refractivity contribution is 7.89. The van der Waals surface area contributed by atoms with Gasteiger partial charge >= 0.3 is 0 Å². The van der Waals surface area contributed by atoms with Gasteiger partial charge in [0.05, 0.1) is 11.5 Å². The molecule has 0 spiro atoms. The fourth-order valence-corrected chi connectivity index (χ4v) is 3.11. The predicted octanol–water partition coefficient (Wildman–Crippen LogP) is 1.81. The van der Waals surface area contributed by atoms with Crippen LogP contribution in [0.5, 0.6) is 0 Å². The molecule has 7 nitrogen and oxygen atoms in total. The molecule has 0 unspecified atom stereocenters. The Labute approximate surface area is 152 Å². The zero-order valence-corrected chi connectivity index (χ0v) is 15.1. The van der Waals surface area contributed by atoms with Gasteiger partial charge in [-0.2, -0.15) is 0 Å². The number of carbonyl (C=O) groups excluding carboxylic acids is 2. The Hall–Kier alpha value is -2.55. The molecule has 0 aliphatic carbocycles. The van der Waals surface area contributed by atoms with Gasteiger partial charge in [0.25, 0.3) is 0 Å². The number of nitrogens with one attached hydrogen (secondary N) is 2. The number of rotatable bonds is 9. The lowest BCUT2D eigenvalue weighted by atomic mass is 10.2. The van der Waals surface area contributed by atoms with Gasteiger partial charge in [-0.05, 0) is 24.6 Å². The van der Waals surface area contributed by atoms with Crippen LogP contribution in [0.15, 0.2) is 59.5 Å². The molecule has 0 aliphatic heterocycles. The van der Waals surface area contributed by atoms with Crippen molar-refractivity contribution in [1.29, 1.82) is 0 Å². The van der Waals surface area contributed by atoms with Gasteiger partial charge in [-0.25, -0.2) is 18.6 Å². The van der Waals surface area contributed by atoms with Crippen molar-refractivity contribution >= 4 is 21.7 Å². The molecule has 0 atom stereocenters. The third-order valence-electron chi connectivity index (χ3n) is 3.48. The third-order valence-corrected chi connectivity index (χ3v) is 4.96. The first kappa shape index (κ1) is 19.8. The molecule has 0 bridgehead atoms. The van der Waals surface area contributed by atoms with Gasteiger partial charge in [-0.1, -0.05) is 42.5 Å². The summed E-state index contributed by atoms with van der Waals surface area (Å²) in [4.78, 5) is 28.0. The van der Waals surface area contributed by atoms with Gasteiger partial charge in [0.15, 0.2) is 5.78 Å². The van der Waals surface area contributed by atoms with Crippen molar-refractivity contribution in [2.45, 2.75) is 24.8 Å². The van der Waals surface area contributed by atoms with Gasteiger partial charge in [0.1, 0.15) is 0 Å². The number of sulfonamides is 1. The Morgan fingerprint density at radius 3 is 2.27 bits per heavy atom. The minimum atomic E-state index is -3.74. The van der Waals surface area contributed by atoms with Gasteiger partial charge in [0, 0.05) is 18.5 Å². The molecule has 0 aromatic heterocycles. The van der Waals surface area contributed by atoms with Gasteiger partial charge in [-0.3, -0.25) is 14.4 Å². The normalized spacial score (nSPS) is 11.1. The summed E-state index contributed by atoms with van der Waals surface area (Å²) in [5, 5.41) is 0. The molecule has 0 heterocycles. The van der Waals surface area contributed by atoms with Crippen LogP contribution in [0.2, 0.25) is 0 Å². The Morgan fingerprint density at radius 2 is 1.65 bits per heavy atom. The maximum atomic E-state index is 12.1. The molecule has 0 radical (unpaired) electrons. The molecule has 0 fully saturated rings. The molecule has 0 saturated heterocycles. The summed E-state index contributed by atoms with van der Waals surface area (Å²) in [6.45, 7) is 1.55. The molecule has 8 heteroatoms. The highest BCUT2D eigenvalue weighted by Crippen LogP contribution is 2.11. The van der Waals surface area contributed by atoms with Crippen molar-refractivity contribution < 1.29 is 22.8 Å². The number of benzene rings is 2. The average Bonchev–Trinajstić information content (AvgIpc) is 2.62. The third kappa shape index (κ3) is 6.07. The van der Waals surface area contributed by atoms with Crippen molar-refractivity contribution in [3.05, 3.63) is 65.7 Å². The molecule has 0 aliphatic rings. The number of carbonyl (C=O) groups is 2.